The zero-order chi connectivity index (χ0) is 21.6. The second kappa shape index (κ2) is 9.89. The van der Waals surface area contributed by atoms with Crippen molar-refractivity contribution in [1.82, 2.24) is 14.5 Å². The maximum atomic E-state index is 12.9. The quantitative estimate of drug-likeness (QED) is 0.212. The number of hydrogen-bond acceptors (Lipinski definition) is 6. The van der Waals surface area contributed by atoms with Crippen molar-refractivity contribution in [2.75, 3.05) is 0 Å². The van der Waals surface area contributed by atoms with Gasteiger partial charge in [-0.15, -0.1) is 0 Å². The molecule has 158 valence electrons. The Labute approximate surface area is 181 Å². The van der Waals surface area contributed by atoms with E-state index in [4.69, 9.17) is 4.74 Å². The fourth-order valence-electron chi connectivity index (χ4n) is 3.20. The fraction of sp³-hybridized carbons (Fsp3) is 0.391. The van der Waals surface area contributed by atoms with Gasteiger partial charge < -0.3 is 9.30 Å². The number of aromatic nitrogens is 3. The molecule has 0 aliphatic heterocycles. The van der Waals surface area contributed by atoms with Crippen LogP contribution in [-0.2, 0) is 16.1 Å². The van der Waals surface area contributed by atoms with Crippen molar-refractivity contribution in [3.8, 4) is 0 Å². The van der Waals surface area contributed by atoms with Crippen molar-refractivity contribution in [2.24, 2.45) is 0 Å². The zero-order valence-electron chi connectivity index (χ0n) is 17.6. The summed E-state index contributed by atoms with van der Waals surface area (Å²) in [5.41, 5.74) is 1.22. The Morgan fingerprint density at radius 2 is 1.77 bits per heavy atom. The molecule has 0 radical (unpaired) electrons. The first kappa shape index (κ1) is 22.0. The van der Waals surface area contributed by atoms with E-state index in [1.54, 1.807) is 18.5 Å². The zero-order valence-corrected chi connectivity index (χ0v) is 18.4. The van der Waals surface area contributed by atoms with Gasteiger partial charge in [-0.2, -0.15) is 0 Å². The molecule has 3 rings (SSSR count). The largest absolute Gasteiger partial charge is 0.460 e. The normalized spacial score (nSPS) is 11.6. The molecule has 2 aromatic heterocycles. The van der Waals surface area contributed by atoms with Gasteiger partial charge in [0.25, 0.3) is 0 Å². The molecule has 0 unspecified atom stereocenters. The van der Waals surface area contributed by atoms with Crippen LogP contribution in [0.5, 0.6) is 0 Å². The molecular weight excluding hydrogens is 398 g/mol. The number of aryl methyl sites for hydroxylation is 1. The summed E-state index contributed by atoms with van der Waals surface area (Å²) in [6, 6.07) is 11.6. The van der Waals surface area contributed by atoms with Gasteiger partial charge >= 0.3 is 5.97 Å². The predicted molar refractivity (Wildman–Crippen MR) is 118 cm³/mol. The van der Waals surface area contributed by atoms with E-state index in [9.17, 15) is 9.59 Å². The van der Waals surface area contributed by atoms with Gasteiger partial charge in [0.1, 0.15) is 5.60 Å². The van der Waals surface area contributed by atoms with Crippen LogP contribution in [0.25, 0.3) is 10.9 Å². The molecule has 0 aliphatic rings. The monoisotopic (exact) mass is 425 g/mol. The summed E-state index contributed by atoms with van der Waals surface area (Å²) >= 11 is 1.04. The van der Waals surface area contributed by atoms with Crippen LogP contribution in [0.4, 0.5) is 0 Å². The molecule has 0 saturated heterocycles. The predicted octanol–water partition coefficient (Wildman–Crippen LogP) is 5.27. The van der Waals surface area contributed by atoms with E-state index in [0.717, 1.165) is 41.9 Å². The number of hydrogen-bond donors (Lipinski definition) is 0. The molecule has 2 heterocycles. The molecule has 0 fully saturated rings. The summed E-state index contributed by atoms with van der Waals surface area (Å²) < 4.78 is 7.41. The number of rotatable bonds is 8. The average molecular weight is 426 g/mol. The van der Waals surface area contributed by atoms with E-state index in [1.807, 2.05) is 51.1 Å². The highest BCUT2D eigenvalue weighted by Gasteiger charge is 2.18. The molecule has 0 amide bonds. The van der Waals surface area contributed by atoms with Gasteiger partial charge in [-0.3, -0.25) is 9.59 Å². The third-order valence-electron chi connectivity index (χ3n) is 4.43. The first-order valence-corrected chi connectivity index (χ1v) is 10.9. The van der Waals surface area contributed by atoms with Crippen molar-refractivity contribution >= 4 is 33.7 Å². The van der Waals surface area contributed by atoms with E-state index < -0.39 is 5.60 Å². The Balaban J connectivity index is 1.64. The number of thioether (sulfide) groups is 1. The standard InChI is InChI=1S/C23H27N3O3S/c1-23(2,3)29-20(27)12-5-4-8-15-26-18-11-7-6-10-17(18)16-19(26)21(28)30-22-24-13-9-14-25-22/h6-7,9-11,13-14,16H,4-5,8,12,15H2,1-3H3. The number of para-hydroxylation sites is 1. The number of ether oxygens (including phenoxy) is 1. The number of nitrogens with zero attached hydrogens (tertiary/aromatic N) is 3. The van der Waals surface area contributed by atoms with Crippen molar-refractivity contribution in [3.05, 3.63) is 54.5 Å². The molecule has 0 atom stereocenters. The number of fused-ring (bicyclic) bond motifs is 1. The Hall–Kier alpha value is -2.67. The molecule has 0 aliphatic carbocycles. The molecule has 6 nitrogen and oxygen atoms in total. The highest BCUT2D eigenvalue weighted by Crippen LogP contribution is 2.26. The van der Waals surface area contributed by atoms with E-state index in [0.29, 0.717) is 23.8 Å². The summed E-state index contributed by atoms with van der Waals surface area (Å²) in [7, 11) is 0. The van der Waals surface area contributed by atoms with Gasteiger partial charge in [0.15, 0.2) is 5.16 Å². The van der Waals surface area contributed by atoms with Crippen LogP contribution in [0.2, 0.25) is 0 Å². The smallest absolute Gasteiger partial charge is 0.306 e. The number of benzene rings is 1. The first-order chi connectivity index (χ1) is 14.3. The van der Waals surface area contributed by atoms with E-state index >= 15 is 0 Å². The van der Waals surface area contributed by atoms with Crippen molar-refractivity contribution in [1.29, 1.82) is 0 Å². The highest BCUT2D eigenvalue weighted by atomic mass is 32.2. The van der Waals surface area contributed by atoms with E-state index in [2.05, 4.69) is 14.5 Å². The molecule has 0 bridgehead atoms. The molecule has 0 N–H and O–H groups in total. The molecule has 0 saturated carbocycles. The van der Waals surface area contributed by atoms with Crippen LogP contribution < -0.4 is 0 Å². The number of unbranched alkanes of at least 4 members (excludes halogenated alkanes) is 2. The lowest BCUT2D eigenvalue weighted by atomic mass is 10.1. The molecule has 0 spiro atoms. The first-order valence-electron chi connectivity index (χ1n) is 10.1. The Kier molecular flexibility index (Phi) is 7.26. The summed E-state index contributed by atoms with van der Waals surface area (Å²) in [4.78, 5) is 33.0. The topological polar surface area (TPSA) is 74.1 Å². The van der Waals surface area contributed by atoms with Gasteiger partial charge in [-0.1, -0.05) is 24.6 Å². The fourth-order valence-corrected chi connectivity index (χ4v) is 3.87. The SMILES string of the molecule is CC(C)(C)OC(=O)CCCCCn1c(C(=O)Sc2ncccn2)cc2ccccc21. The minimum Gasteiger partial charge on any atom is -0.460 e. The molecule has 3 aromatic rings. The Bertz CT molecular complexity index is 1010. The lowest BCUT2D eigenvalue weighted by molar-refractivity contribution is -0.154. The van der Waals surface area contributed by atoms with Crippen molar-refractivity contribution in [3.63, 3.8) is 0 Å². The van der Waals surface area contributed by atoms with Crippen LogP contribution in [0, 0.1) is 0 Å². The van der Waals surface area contributed by atoms with E-state index in [1.165, 1.54) is 0 Å². The summed E-state index contributed by atoms with van der Waals surface area (Å²) in [5.74, 6) is -0.163. The average Bonchev–Trinajstić information content (AvgIpc) is 3.06. The summed E-state index contributed by atoms with van der Waals surface area (Å²) in [5, 5.41) is 1.40. The lowest BCUT2D eigenvalue weighted by Gasteiger charge is -2.19. The molecule has 7 heteroatoms. The maximum absolute atomic E-state index is 12.9. The number of carbonyl (C=O) groups is 2. The molecular formula is C23H27N3O3S. The van der Waals surface area contributed by atoms with Crippen molar-refractivity contribution in [2.45, 2.75) is 63.8 Å². The second-order valence-corrected chi connectivity index (χ2v) is 9.00. The van der Waals surface area contributed by atoms with Crippen LogP contribution in [0.15, 0.2) is 53.9 Å². The van der Waals surface area contributed by atoms with Crippen LogP contribution >= 0.6 is 11.8 Å². The Morgan fingerprint density at radius 3 is 2.50 bits per heavy atom. The third kappa shape index (κ3) is 6.16. The van der Waals surface area contributed by atoms with Crippen molar-refractivity contribution < 1.29 is 14.3 Å². The number of esters is 1. The molecule has 1 aromatic carbocycles. The summed E-state index contributed by atoms with van der Waals surface area (Å²) in [6.45, 7) is 6.33. The van der Waals surface area contributed by atoms with Crippen LogP contribution in [0.1, 0.15) is 56.9 Å². The third-order valence-corrected chi connectivity index (χ3v) is 5.22. The highest BCUT2D eigenvalue weighted by molar-refractivity contribution is 8.14. The maximum Gasteiger partial charge on any atom is 0.306 e. The van der Waals surface area contributed by atoms with E-state index in [-0.39, 0.29) is 11.1 Å². The Morgan fingerprint density at radius 1 is 1.03 bits per heavy atom. The van der Waals surface area contributed by atoms with Gasteiger partial charge in [0.2, 0.25) is 5.12 Å². The van der Waals surface area contributed by atoms with Crippen LogP contribution in [-0.4, -0.2) is 31.2 Å². The van der Waals surface area contributed by atoms with Gasteiger partial charge in [-0.25, -0.2) is 9.97 Å². The molecule has 30 heavy (non-hydrogen) atoms. The van der Waals surface area contributed by atoms with Gasteiger partial charge in [0.05, 0.1) is 5.69 Å². The summed E-state index contributed by atoms with van der Waals surface area (Å²) in [6.07, 6.45) is 6.19. The number of carbonyl (C=O) groups excluding carboxylic acids is 2. The second-order valence-electron chi connectivity index (χ2n) is 8.06. The van der Waals surface area contributed by atoms with Gasteiger partial charge in [0, 0.05) is 36.3 Å². The van der Waals surface area contributed by atoms with Crippen LogP contribution in [0.3, 0.4) is 0 Å². The lowest BCUT2D eigenvalue weighted by Crippen LogP contribution is -2.23. The van der Waals surface area contributed by atoms with Gasteiger partial charge in [-0.05, 0) is 63.6 Å². The minimum absolute atomic E-state index is 0.0776. The minimum atomic E-state index is -0.448.